The van der Waals surface area contributed by atoms with Crippen molar-refractivity contribution in [1.29, 1.82) is 0 Å². The summed E-state index contributed by atoms with van der Waals surface area (Å²) < 4.78 is 27.0. The fourth-order valence-electron chi connectivity index (χ4n) is 1.20. The zero-order chi connectivity index (χ0) is 13.2. The Hall–Kier alpha value is -1.56. The van der Waals surface area contributed by atoms with Crippen LogP contribution >= 0.6 is 12.2 Å². The summed E-state index contributed by atoms with van der Waals surface area (Å²) in [6, 6.07) is 1.67. The van der Waals surface area contributed by atoms with E-state index in [-0.39, 0.29) is 10.6 Å². The zero-order valence-corrected chi connectivity index (χ0v) is 10.2. The van der Waals surface area contributed by atoms with Crippen LogP contribution in [0.2, 0.25) is 0 Å². The minimum Gasteiger partial charge on any atom is -0.392 e. The Morgan fingerprint density at radius 3 is 2.59 bits per heavy atom. The number of carbonyl (C=O) groups is 1. The number of amides is 1. The third-order valence-electron chi connectivity index (χ3n) is 2.29. The first-order valence-electron chi connectivity index (χ1n) is 4.89. The van der Waals surface area contributed by atoms with Crippen LogP contribution in [0.3, 0.4) is 0 Å². The second kappa shape index (κ2) is 5.18. The van der Waals surface area contributed by atoms with Gasteiger partial charge in [-0.15, -0.1) is 0 Å². The van der Waals surface area contributed by atoms with Gasteiger partial charge in [-0.25, -0.2) is 8.78 Å². The van der Waals surface area contributed by atoms with E-state index in [9.17, 15) is 13.6 Å². The maximum Gasteiger partial charge on any atom is 0.257 e. The standard InChI is InChI=1S/C11H12F2N2OS/c1-5-3-4-7(12)8(9(5)13)11(16)15-6(2)10(14)17/h3-4,6H,1-2H3,(H2,14,17)(H,15,16). The van der Waals surface area contributed by atoms with Gasteiger partial charge in [0, 0.05) is 0 Å². The Bertz CT molecular complexity index is 477. The number of rotatable bonds is 3. The molecule has 6 heteroatoms. The fourth-order valence-corrected chi connectivity index (χ4v) is 1.26. The summed E-state index contributed by atoms with van der Waals surface area (Å²) in [6.45, 7) is 2.98. The van der Waals surface area contributed by atoms with E-state index in [0.29, 0.717) is 0 Å². The second-order valence-electron chi connectivity index (χ2n) is 3.65. The number of thiocarbonyl (C=S) groups is 1. The SMILES string of the molecule is Cc1ccc(F)c(C(=O)NC(C)C(N)=S)c1F. The molecule has 1 atom stereocenters. The van der Waals surface area contributed by atoms with E-state index in [2.05, 4.69) is 17.5 Å². The van der Waals surface area contributed by atoms with Crippen molar-refractivity contribution < 1.29 is 13.6 Å². The number of hydrogen-bond donors (Lipinski definition) is 2. The van der Waals surface area contributed by atoms with E-state index in [1.165, 1.54) is 19.9 Å². The van der Waals surface area contributed by atoms with Crippen molar-refractivity contribution in [2.24, 2.45) is 5.73 Å². The Morgan fingerprint density at radius 2 is 2.06 bits per heavy atom. The normalized spacial score (nSPS) is 12.0. The Kier molecular flexibility index (Phi) is 4.11. The molecule has 0 radical (unpaired) electrons. The third kappa shape index (κ3) is 2.97. The van der Waals surface area contributed by atoms with Crippen molar-refractivity contribution in [1.82, 2.24) is 5.32 Å². The molecule has 0 fully saturated rings. The van der Waals surface area contributed by atoms with Crippen LogP contribution in [0.25, 0.3) is 0 Å². The molecule has 0 aromatic heterocycles. The first-order chi connectivity index (χ1) is 7.84. The lowest BCUT2D eigenvalue weighted by Gasteiger charge is -2.13. The van der Waals surface area contributed by atoms with Gasteiger partial charge in [0.15, 0.2) is 0 Å². The van der Waals surface area contributed by atoms with Gasteiger partial charge < -0.3 is 11.1 Å². The predicted octanol–water partition coefficient (Wildman–Crippen LogP) is 1.68. The number of nitrogens with two attached hydrogens (primary N) is 1. The van der Waals surface area contributed by atoms with Crippen molar-refractivity contribution in [2.75, 3.05) is 0 Å². The van der Waals surface area contributed by atoms with E-state index < -0.39 is 29.1 Å². The Labute approximate surface area is 103 Å². The van der Waals surface area contributed by atoms with Gasteiger partial charge in [-0.1, -0.05) is 18.3 Å². The molecule has 0 aliphatic rings. The monoisotopic (exact) mass is 258 g/mol. The molecule has 1 amide bonds. The molecule has 17 heavy (non-hydrogen) atoms. The molecule has 0 saturated heterocycles. The average Bonchev–Trinajstić information content (AvgIpc) is 2.24. The molecule has 0 aliphatic heterocycles. The first-order valence-corrected chi connectivity index (χ1v) is 5.30. The molecule has 1 aromatic rings. The first kappa shape index (κ1) is 13.5. The predicted molar refractivity (Wildman–Crippen MR) is 64.8 cm³/mol. The topological polar surface area (TPSA) is 55.1 Å². The van der Waals surface area contributed by atoms with Gasteiger partial charge in [-0.2, -0.15) is 0 Å². The number of benzene rings is 1. The molecule has 0 bridgehead atoms. The van der Waals surface area contributed by atoms with Crippen molar-refractivity contribution in [3.8, 4) is 0 Å². The zero-order valence-electron chi connectivity index (χ0n) is 9.38. The molecule has 0 spiro atoms. The summed E-state index contributed by atoms with van der Waals surface area (Å²) >= 11 is 4.65. The molecule has 0 heterocycles. The van der Waals surface area contributed by atoms with Crippen LogP contribution in [0.5, 0.6) is 0 Å². The Morgan fingerprint density at radius 1 is 1.47 bits per heavy atom. The number of hydrogen-bond acceptors (Lipinski definition) is 2. The highest BCUT2D eigenvalue weighted by Crippen LogP contribution is 2.16. The van der Waals surface area contributed by atoms with E-state index >= 15 is 0 Å². The fraction of sp³-hybridized carbons (Fsp3) is 0.273. The summed E-state index contributed by atoms with van der Waals surface area (Å²) in [5.74, 6) is -2.66. The molecule has 1 rings (SSSR count). The molecule has 1 unspecified atom stereocenters. The van der Waals surface area contributed by atoms with E-state index in [1.807, 2.05) is 0 Å². The molecule has 92 valence electrons. The summed E-state index contributed by atoms with van der Waals surface area (Å²) in [5.41, 5.74) is 4.87. The molecule has 1 aromatic carbocycles. The lowest BCUT2D eigenvalue weighted by Crippen LogP contribution is -2.41. The van der Waals surface area contributed by atoms with Crippen LogP contribution in [0.4, 0.5) is 8.78 Å². The second-order valence-corrected chi connectivity index (χ2v) is 4.12. The largest absolute Gasteiger partial charge is 0.392 e. The minimum atomic E-state index is -0.916. The molecule has 3 nitrogen and oxygen atoms in total. The van der Waals surface area contributed by atoms with Gasteiger partial charge in [-0.3, -0.25) is 4.79 Å². The maximum atomic E-state index is 13.6. The number of nitrogens with one attached hydrogen (secondary N) is 1. The highest BCUT2D eigenvalue weighted by Gasteiger charge is 2.20. The Balaban J connectivity index is 3.05. The molecular formula is C11H12F2N2OS. The van der Waals surface area contributed by atoms with Crippen molar-refractivity contribution >= 4 is 23.1 Å². The van der Waals surface area contributed by atoms with Crippen LogP contribution in [0, 0.1) is 18.6 Å². The van der Waals surface area contributed by atoms with Gasteiger partial charge in [-0.05, 0) is 25.5 Å². The van der Waals surface area contributed by atoms with Gasteiger partial charge in [0.1, 0.15) is 17.2 Å². The highest BCUT2D eigenvalue weighted by molar-refractivity contribution is 7.80. The van der Waals surface area contributed by atoms with Crippen molar-refractivity contribution in [2.45, 2.75) is 19.9 Å². The number of aryl methyl sites for hydroxylation is 1. The lowest BCUT2D eigenvalue weighted by molar-refractivity contribution is 0.0940. The third-order valence-corrected chi connectivity index (χ3v) is 2.64. The van der Waals surface area contributed by atoms with Gasteiger partial charge in [0.05, 0.1) is 11.0 Å². The maximum absolute atomic E-state index is 13.6. The average molecular weight is 258 g/mol. The van der Waals surface area contributed by atoms with Crippen LogP contribution in [-0.2, 0) is 0 Å². The van der Waals surface area contributed by atoms with Crippen molar-refractivity contribution in [3.05, 3.63) is 34.9 Å². The van der Waals surface area contributed by atoms with Gasteiger partial charge in [0.2, 0.25) is 0 Å². The van der Waals surface area contributed by atoms with Crippen LogP contribution in [0.1, 0.15) is 22.8 Å². The van der Waals surface area contributed by atoms with E-state index in [1.54, 1.807) is 0 Å². The van der Waals surface area contributed by atoms with Gasteiger partial charge >= 0.3 is 0 Å². The summed E-state index contributed by atoms with van der Waals surface area (Å²) in [6.07, 6.45) is 0. The quantitative estimate of drug-likeness (QED) is 0.811. The molecule has 3 N–H and O–H groups in total. The molecular weight excluding hydrogens is 246 g/mol. The van der Waals surface area contributed by atoms with Crippen LogP contribution in [0.15, 0.2) is 12.1 Å². The summed E-state index contributed by atoms with van der Waals surface area (Å²) in [7, 11) is 0. The number of halogens is 2. The molecule has 0 saturated carbocycles. The summed E-state index contributed by atoms with van der Waals surface area (Å²) in [5, 5.41) is 2.32. The number of carbonyl (C=O) groups excluding carboxylic acids is 1. The highest BCUT2D eigenvalue weighted by atomic mass is 32.1. The van der Waals surface area contributed by atoms with Crippen LogP contribution < -0.4 is 11.1 Å². The van der Waals surface area contributed by atoms with Crippen molar-refractivity contribution in [3.63, 3.8) is 0 Å². The minimum absolute atomic E-state index is 0.0480. The van der Waals surface area contributed by atoms with Gasteiger partial charge in [0.25, 0.3) is 5.91 Å². The van der Waals surface area contributed by atoms with Crippen LogP contribution in [-0.4, -0.2) is 16.9 Å². The van der Waals surface area contributed by atoms with E-state index in [0.717, 1.165) is 6.07 Å². The van der Waals surface area contributed by atoms with E-state index in [4.69, 9.17) is 5.73 Å². The summed E-state index contributed by atoms with van der Waals surface area (Å²) in [4.78, 5) is 11.7. The smallest absolute Gasteiger partial charge is 0.257 e. The molecule has 0 aliphatic carbocycles. The lowest BCUT2D eigenvalue weighted by atomic mass is 10.1.